The average Bonchev–Trinajstić information content (AvgIpc) is 3.26. The van der Waals surface area contributed by atoms with Crippen LogP contribution in [0.15, 0.2) is 48.5 Å². The maximum atomic E-state index is 13.3. The van der Waals surface area contributed by atoms with E-state index < -0.39 is 0 Å². The predicted molar refractivity (Wildman–Crippen MR) is 119 cm³/mol. The highest BCUT2D eigenvalue weighted by atomic mass is 16.5. The number of H-pyrrole nitrogens is 1. The number of aryl methyl sites for hydroxylation is 1. The van der Waals surface area contributed by atoms with Crippen LogP contribution in [-0.4, -0.2) is 34.2 Å². The Bertz CT molecular complexity index is 1040. The molecule has 0 saturated carbocycles. The fourth-order valence-corrected chi connectivity index (χ4v) is 4.05. The number of aromatic amines is 1. The maximum absolute atomic E-state index is 13.3. The van der Waals surface area contributed by atoms with Crippen molar-refractivity contribution in [3.05, 3.63) is 70.9 Å². The molecule has 1 amide bonds. The molecule has 1 unspecified atom stereocenters. The van der Waals surface area contributed by atoms with Crippen LogP contribution in [0.4, 0.5) is 0 Å². The molecule has 1 aliphatic heterocycles. The number of nitrogens with one attached hydrogen (secondary N) is 1. The summed E-state index contributed by atoms with van der Waals surface area (Å²) in [4.78, 5) is 15.3. The van der Waals surface area contributed by atoms with Gasteiger partial charge in [-0.1, -0.05) is 62.7 Å². The van der Waals surface area contributed by atoms with E-state index in [1.807, 2.05) is 17.0 Å². The Kier molecular flexibility index (Phi) is 5.62. The molecule has 0 aliphatic carbocycles. The minimum absolute atomic E-state index is 0.00874. The number of fused-ring (bicyclic) bond motifs is 1. The summed E-state index contributed by atoms with van der Waals surface area (Å²) in [7, 11) is 0. The summed E-state index contributed by atoms with van der Waals surface area (Å²) < 4.78 is 5.87. The third-order valence-electron chi connectivity index (χ3n) is 5.40. The second-order valence-corrected chi connectivity index (χ2v) is 8.40. The quantitative estimate of drug-likeness (QED) is 0.576. The molecule has 2 aromatic carbocycles. The number of carbonyl (C=O) groups is 1. The molecule has 0 fully saturated rings. The summed E-state index contributed by atoms with van der Waals surface area (Å²) in [6.45, 7) is 9.79. The van der Waals surface area contributed by atoms with Crippen molar-refractivity contribution >= 4 is 5.91 Å². The van der Waals surface area contributed by atoms with E-state index in [9.17, 15) is 4.79 Å². The van der Waals surface area contributed by atoms with Gasteiger partial charge in [0.25, 0.3) is 5.91 Å². The zero-order chi connectivity index (χ0) is 21.3. The van der Waals surface area contributed by atoms with Crippen molar-refractivity contribution < 1.29 is 9.53 Å². The summed E-state index contributed by atoms with van der Waals surface area (Å²) in [5, 5.41) is 7.57. The fourth-order valence-electron chi connectivity index (χ4n) is 4.05. The van der Waals surface area contributed by atoms with Crippen molar-refractivity contribution in [2.24, 2.45) is 5.92 Å². The largest absolute Gasteiger partial charge is 0.494 e. The normalized spacial score (nSPS) is 15.7. The molecule has 1 atom stereocenters. The van der Waals surface area contributed by atoms with Crippen LogP contribution in [0, 0.1) is 12.8 Å². The van der Waals surface area contributed by atoms with Crippen molar-refractivity contribution in [3.8, 4) is 17.0 Å². The van der Waals surface area contributed by atoms with Crippen molar-refractivity contribution in [2.75, 3.05) is 13.2 Å². The number of nitrogens with zero attached hydrogens (tertiary/aromatic N) is 2. The standard InChI is InChI=1S/C25H29N3O2/c1-5-13-30-20-8-6-7-19(14-20)24-21-22(18-11-9-17(4)10-12-18)26-27-23(21)25(29)28(24)15-16(2)3/h6-12,14,16,24H,5,13,15H2,1-4H3,(H,26,27). The monoisotopic (exact) mass is 403 g/mol. The van der Waals surface area contributed by atoms with Crippen LogP contribution in [0.25, 0.3) is 11.3 Å². The van der Waals surface area contributed by atoms with Crippen LogP contribution >= 0.6 is 0 Å². The second kappa shape index (κ2) is 8.34. The molecule has 0 spiro atoms. The lowest BCUT2D eigenvalue weighted by Gasteiger charge is -2.28. The van der Waals surface area contributed by atoms with Gasteiger partial charge in [-0.25, -0.2) is 0 Å². The Hall–Kier alpha value is -3.08. The molecule has 1 aromatic heterocycles. The number of rotatable bonds is 7. The first-order valence-electron chi connectivity index (χ1n) is 10.7. The molecule has 3 aromatic rings. The van der Waals surface area contributed by atoms with Gasteiger partial charge in [-0.2, -0.15) is 5.10 Å². The summed E-state index contributed by atoms with van der Waals surface area (Å²) >= 11 is 0. The summed E-state index contributed by atoms with van der Waals surface area (Å²) in [5.74, 6) is 1.20. The summed E-state index contributed by atoms with van der Waals surface area (Å²) in [6.07, 6.45) is 0.953. The first-order valence-corrected chi connectivity index (χ1v) is 10.7. The second-order valence-electron chi connectivity index (χ2n) is 8.40. The van der Waals surface area contributed by atoms with Gasteiger partial charge in [-0.15, -0.1) is 0 Å². The molecular weight excluding hydrogens is 374 g/mol. The molecule has 0 bridgehead atoms. The van der Waals surface area contributed by atoms with Gasteiger partial charge in [-0.05, 0) is 37.0 Å². The number of benzene rings is 2. The van der Waals surface area contributed by atoms with Crippen molar-refractivity contribution in [2.45, 2.75) is 40.2 Å². The highest BCUT2D eigenvalue weighted by Crippen LogP contribution is 2.43. The van der Waals surface area contributed by atoms with Gasteiger partial charge in [0.05, 0.1) is 18.3 Å². The predicted octanol–water partition coefficient (Wildman–Crippen LogP) is 5.38. The number of hydrogen-bond acceptors (Lipinski definition) is 3. The van der Waals surface area contributed by atoms with Crippen molar-refractivity contribution in [3.63, 3.8) is 0 Å². The zero-order valence-electron chi connectivity index (χ0n) is 18.1. The van der Waals surface area contributed by atoms with Crippen LogP contribution in [-0.2, 0) is 0 Å². The highest BCUT2D eigenvalue weighted by Gasteiger charge is 2.42. The molecule has 1 N–H and O–H groups in total. The van der Waals surface area contributed by atoms with Gasteiger partial charge < -0.3 is 9.64 Å². The zero-order valence-corrected chi connectivity index (χ0v) is 18.1. The first kappa shape index (κ1) is 20.2. The molecule has 1 aliphatic rings. The molecule has 0 radical (unpaired) electrons. The van der Waals surface area contributed by atoms with Crippen LogP contribution in [0.1, 0.15) is 60.4 Å². The molecule has 5 heteroatoms. The Morgan fingerprint density at radius 3 is 2.63 bits per heavy atom. The number of carbonyl (C=O) groups excluding carboxylic acids is 1. The molecular formula is C25H29N3O2. The lowest BCUT2D eigenvalue weighted by Crippen LogP contribution is -2.32. The average molecular weight is 404 g/mol. The SMILES string of the molecule is CCCOc1cccc(C2c3c(-c4ccc(C)cc4)n[nH]c3C(=O)N2CC(C)C)c1. The smallest absolute Gasteiger partial charge is 0.273 e. The van der Waals surface area contributed by atoms with E-state index in [4.69, 9.17) is 4.74 Å². The summed E-state index contributed by atoms with van der Waals surface area (Å²) in [6, 6.07) is 16.2. The van der Waals surface area contributed by atoms with Gasteiger partial charge >= 0.3 is 0 Å². The minimum atomic E-state index is -0.185. The van der Waals surface area contributed by atoms with Crippen LogP contribution in [0.5, 0.6) is 5.75 Å². The Balaban J connectivity index is 1.82. The van der Waals surface area contributed by atoms with E-state index >= 15 is 0 Å². The van der Waals surface area contributed by atoms with Gasteiger partial charge in [0, 0.05) is 17.7 Å². The van der Waals surface area contributed by atoms with Crippen LogP contribution < -0.4 is 4.74 Å². The third kappa shape index (κ3) is 3.72. The maximum Gasteiger partial charge on any atom is 0.273 e. The van der Waals surface area contributed by atoms with Gasteiger partial charge in [0.2, 0.25) is 0 Å². The van der Waals surface area contributed by atoms with E-state index in [-0.39, 0.29) is 11.9 Å². The molecule has 30 heavy (non-hydrogen) atoms. The van der Waals surface area contributed by atoms with Gasteiger partial charge in [0.1, 0.15) is 11.4 Å². The lowest BCUT2D eigenvalue weighted by atomic mass is 9.95. The number of amides is 1. The topological polar surface area (TPSA) is 58.2 Å². The minimum Gasteiger partial charge on any atom is -0.494 e. The number of ether oxygens (including phenoxy) is 1. The Morgan fingerprint density at radius 1 is 1.17 bits per heavy atom. The molecule has 2 heterocycles. The third-order valence-corrected chi connectivity index (χ3v) is 5.40. The fraction of sp³-hybridized carbons (Fsp3) is 0.360. The lowest BCUT2D eigenvalue weighted by molar-refractivity contribution is 0.0722. The molecule has 0 saturated heterocycles. The molecule has 156 valence electrons. The van der Waals surface area contributed by atoms with Crippen LogP contribution in [0.2, 0.25) is 0 Å². The van der Waals surface area contributed by atoms with E-state index in [0.717, 1.165) is 34.6 Å². The van der Waals surface area contributed by atoms with E-state index in [0.29, 0.717) is 24.8 Å². The Labute approximate surface area is 178 Å². The highest BCUT2D eigenvalue weighted by molar-refractivity contribution is 6.00. The Morgan fingerprint density at radius 2 is 1.93 bits per heavy atom. The van der Waals surface area contributed by atoms with E-state index in [1.165, 1.54) is 5.56 Å². The van der Waals surface area contributed by atoms with Crippen molar-refractivity contribution in [1.29, 1.82) is 0 Å². The van der Waals surface area contributed by atoms with E-state index in [1.54, 1.807) is 0 Å². The first-order chi connectivity index (χ1) is 14.5. The van der Waals surface area contributed by atoms with E-state index in [2.05, 4.69) is 74.3 Å². The summed E-state index contributed by atoms with van der Waals surface area (Å²) in [5.41, 5.74) is 5.65. The molecule has 4 rings (SSSR count). The number of hydrogen-bond donors (Lipinski definition) is 1. The van der Waals surface area contributed by atoms with Gasteiger partial charge in [0.15, 0.2) is 0 Å². The molecule has 5 nitrogen and oxygen atoms in total. The van der Waals surface area contributed by atoms with Crippen LogP contribution in [0.3, 0.4) is 0 Å². The van der Waals surface area contributed by atoms with Crippen molar-refractivity contribution in [1.82, 2.24) is 15.1 Å². The van der Waals surface area contributed by atoms with Gasteiger partial charge in [-0.3, -0.25) is 9.89 Å². The number of aromatic nitrogens is 2.